The fourth-order valence-electron chi connectivity index (χ4n) is 3.93. The molecule has 1 aliphatic heterocycles. The maximum atomic E-state index is 12.3. The zero-order chi connectivity index (χ0) is 18.0. The number of methoxy groups -OCH3 is 1. The van der Waals surface area contributed by atoms with Crippen molar-refractivity contribution in [2.75, 3.05) is 13.9 Å². The van der Waals surface area contributed by atoms with Crippen molar-refractivity contribution in [3.05, 3.63) is 53.8 Å². The lowest BCUT2D eigenvalue weighted by Crippen LogP contribution is -2.44. The zero-order valence-electron chi connectivity index (χ0n) is 15.2. The molecular formula is C21H26O4. The summed E-state index contributed by atoms with van der Waals surface area (Å²) in [5.74, 6) is 1.78. The topological polar surface area (TPSA) is 44.8 Å². The zero-order valence-corrected chi connectivity index (χ0v) is 15.2. The lowest BCUT2D eigenvalue weighted by molar-refractivity contribution is -0.123. The highest BCUT2D eigenvalue weighted by atomic mass is 16.7. The fraction of sp³-hybridized carbons (Fsp3) is 0.476. The molecule has 1 aromatic rings. The molecule has 25 heavy (non-hydrogen) atoms. The first-order valence-electron chi connectivity index (χ1n) is 8.77. The van der Waals surface area contributed by atoms with E-state index in [9.17, 15) is 4.79 Å². The number of allylic oxidation sites excluding steroid dienone is 2. The van der Waals surface area contributed by atoms with Gasteiger partial charge in [0.25, 0.3) is 0 Å². The molecule has 134 valence electrons. The van der Waals surface area contributed by atoms with Gasteiger partial charge in [0, 0.05) is 12.0 Å². The van der Waals surface area contributed by atoms with E-state index in [2.05, 4.69) is 26.5 Å². The highest BCUT2D eigenvalue weighted by molar-refractivity contribution is 5.93. The normalized spacial score (nSPS) is 26.4. The second kappa shape index (κ2) is 7.04. The van der Waals surface area contributed by atoms with Gasteiger partial charge in [0.15, 0.2) is 12.6 Å². The molecule has 1 aliphatic carbocycles. The minimum atomic E-state index is -0.520. The van der Waals surface area contributed by atoms with Gasteiger partial charge in [-0.05, 0) is 55.4 Å². The summed E-state index contributed by atoms with van der Waals surface area (Å²) in [6.45, 7) is 8.26. The summed E-state index contributed by atoms with van der Waals surface area (Å²) < 4.78 is 17.0. The number of benzene rings is 1. The Bertz CT molecular complexity index is 706. The van der Waals surface area contributed by atoms with Gasteiger partial charge in [0.1, 0.15) is 17.1 Å². The number of hydrogen-bond donors (Lipinski definition) is 0. The molecule has 0 amide bonds. The van der Waals surface area contributed by atoms with Crippen molar-refractivity contribution in [1.82, 2.24) is 0 Å². The Kier molecular flexibility index (Phi) is 5.00. The number of hydrogen-bond acceptors (Lipinski definition) is 4. The van der Waals surface area contributed by atoms with Gasteiger partial charge in [0.05, 0.1) is 7.11 Å². The summed E-state index contributed by atoms with van der Waals surface area (Å²) in [6.07, 6.45) is 5.62. The Morgan fingerprint density at radius 1 is 1.48 bits per heavy atom. The second-order valence-corrected chi connectivity index (χ2v) is 7.03. The van der Waals surface area contributed by atoms with Crippen LogP contribution in [0.1, 0.15) is 30.9 Å². The van der Waals surface area contributed by atoms with Gasteiger partial charge in [-0.1, -0.05) is 19.1 Å². The predicted molar refractivity (Wildman–Crippen MR) is 96.4 cm³/mol. The van der Waals surface area contributed by atoms with Crippen LogP contribution in [0.4, 0.5) is 0 Å². The quantitative estimate of drug-likeness (QED) is 0.734. The van der Waals surface area contributed by atoms with Gasteiger partial charge in [-0.25, -0.2) is 0 Å². The van der Waals surface area contributed by atoms with Crippen LogP contribution in [0.15, 0.2) is 42.7 Å². The van der Waals surface area contributed by atoms with Crippen molar-refractivity contribution >= 4 is 5.78 Å². The van der Waals surface area contributed by atoms with Crippen LogP contribution >= 0.6 is 0 Å². The van der Waals surface area contributed by atoms with E-state index >= 15 is 0 Å². The van der Waals surface area contributed by atoms with Crippen LogP contribution in [0, 0.1) is 18.8 Å². The summed E-state index contributed by atoms with van der Waals surface area (Å²) in [7, 11) is 1.68. The third-order valence-corrected chi connectivity index (χ3v) is 5.50. The standard InChI is InChI=1S/C21H26O4/c1-5-6-17-12-21(20(11-19(17)22)24-13-25-21)15(3)10-16-7-8-18(23-4)9-14(16)2/h5,7-9,11,15,17H,1,6,10,12-13H2,2-4H3/t15-,17+,21-/m1/s1. The molecule has 1 heterocycles. The van der Waals surface area contributed by atoms with Crippen molar-refractivity contribution in [3.8, 4) is 5.75 Å². The van der Waals surface area contributed by atoms with E-state index in [-0.39, 0.29) is 24.4 Å². The van der Waals surface area contributed by atoms with E-state index in [0.29, 0.717) is 18.6 Å². The Morgan fingerprint density at radius 2 is 2.28 bits per heavy atom. The molecular weight excluding hydrogens is 316 g/mol. The van der Waals surface area contributed by atoms with Gasteiger partial charge in [-0.3, -0.25) is 4.79 Å². The fourth-order valence-corrected chi connectivity index (χ4v) is 3.93. The van der Waals surface area contributed by atoms with E-state index in [0.717, 1.165) is 12.2 Å². The number of fused-ring (bicyclic) bond motifs is 1. The summed E-state index contributed by atoms with van der Waals surface area (Å²) in [6, 6.07) is 6.14. The lowest BCUT2D eigenvalue weighted by atomic mass is 9.71. The van der Waals surface area contributed by atoms with Gasteiger partial charge in [-0.2, -0.15) is 0 Å². The smallest absolute Gasteiger partial charge is 0.189 e. The van der Waals surface area contributed by atoms with Gasteiger partial charge < -0.3 is 14.2 Å². The number of ketones is 1. The third-order valence-electron chi connectivity index (χ3n) is 5.50. The van der Waals surface area contributed by atoms with E-state index < -0.39 is 5.60 Å². The van der Waals surface area contributed by atoms with E-state index in [1.807, 2.05) is 18.2 Å². The third kappa shape index (κ3) is 3.23. The SMILES string of the molecule is C=CC[C@H]1C[C@]2([C@H](C)Cc3ccc(OC)cc3C)OCOC2=CC1=O. The first-order chi connectivity index (χ1) is 12.0. The minimum absolute atomic E-state index is 0.0811. The molecule has 2 aliphatic rings. The highest BCUT2D eigenvalue weighted by Crippen LogP contribution is 2.46. The maximum absolute atomic E-state index is 12.3. The maximum Gasteiger partial charge on any atom is 0.189 e. The number of ether oxygens (including phenoxy) is 3. The molecule has 0 unspecified atom stereocenters. The van der Waals surface area contributed by atoms with Crippen LogP contribution in [0.5, 0.6) is 5.75 Å². The van der Waals surface area contributed by atoms with Crippen molar-refractivity contribution in [2.45, 2.75) is 38.7 Å². The average molecular weight is 342 g/mol. The first-order valence-corrected chi connectivity index (χ1v) is 8.77. The minimum Gasteiger partial charge on any atom is -0.497 e. The number of carbonyl (C=O) groups is 1. The van der Waals surface area contributed by atoms with Crippen LogP contribution in [0.3, 0.4) is 0 Å². The Labute approximate surface area is 149 Å². The predicted octanol–water partition coefficient (Wildman–Crippen LogP) is 3.97. The van der Waals surface area contributed by atoms with Crippen molar-refractivity contribution in [3.63, 3.8) is 0 Å². The molecule has 1 aromatic carbocycles. The number of carbonyl (C=O) groups excluding carboxylic acids is 1. The van der Waals surface area contributed by atoms with Gasteiger partial charge in [-0.15, -0.1) is 6.58 Å². The van der Waals surface area contributed by atoms with Gasteiger partial charge in [0.2, 0.25) is 0 Å². The summed E-state index contributed by atoms with van der Waals surface area (Å²) in [4.78, 5) is 12.3. The molecule has 0 bridgehead atoms. The molecule has 0 N–H and O–H groups in total. The highest BCUT2D eigenvalue weighted by Gasteiger charge is 2.51. The molecule has 3 rings (SSSR count). The first kappa shape index (κ1) is 17.7. The van der Waals surface area contributed by atoms with Crippen LogP contribution in [0.2, 0.25) is 0 Å². The van der Waals surface area contributed by atoms with Gasteiger partial charge >= 0.3 is 0 Å². The number of rotatable bonds is 6. The number of aryl methyl sites for hydroxylation is 1. The molecule has 0 aromatic heterocycles. The largest absolute Gasteiger partial charge is 0.497 e. The molecule has 0 spiro atoms. The van der Waals surface area contributed by atoms with E-state index in [4.69, 9.17) is 14.2 Å². The van der Waals surface area contributed by atoms with Crippen LogP contribution in [-0.2, 0) is 20.7 Å². The van der Waals surface area contributed by atoms with Crippen molar-refractivity contribution in [1.29, 1.82) is 0 Å². The molecule has 0 saturated carbocycles. The average Bonchev–Trinajstić information content (AvgIpc) is 3.01. The van der Waals surface area contributed by atoms with Crippen LogP contribution in [0.25, 0.3) is 0 Å². The Hall–Kier alpha value is -2.07. The summed E-state index contributed by atoms with van der Waals surface area (Å²) in [5.41, 5.74) is 1.93. The summed E-state index contributed by atoms with van der Waals surface area (Å²) in [5, 5.41) is 0. The van der Waals surface area contributed by atoms with Crippen molar-refractivity contribution < 1.29 is 19.0 Å². The Morgan fingerprint density at radius 3 is 2.96 bits per heavy atom. The second-order valence-electron chi connectivity index (χ2n) is 7.03. The monoisotopic (exact) mass is 342 g/mol. The van der Waals surface area contributed by atoms with E-state index in [1.54, 1.807) is 13.2 Å². The Balaban J connectivity index is 1.86. The lowest BCUT2D eigenvalue weighted by Gasteiger charge is -2.38. The summed E-state index contributed by atoms with van der Waals surface area (Å²) >= 11 is 0. The van der Waals surface area contributed by atoms with Crippen LogP contribution in [-0.4, -0.2) is 25.3 Å². The van der Waals surface area contributed by atoms with Crippen molar-refractivity contribution in [2.24, 2.45) is 11.8 Å². The molecule has 0 radical (unpaired) electrons. The molecule has 1 saturated heterocycles. The van der Waals surface area contributed by atoms with E-state index in [1.165, 1.54) is 11.1 Å². The molecule has 3 atom stereocenters. The molecule has 4 nitrogen and oxygen atoms in total. The molecule has 4 heteroatoms. The molecule has 1 fully saturated rings. The van der Waals surface area contributed by atoms with Crippen LogP contribution < -0.4 is 4.74 Å².